The number of thioether (sulfide) groups is 1. The van der Waals surface area contributed by atoms with Crippen molar-refractivity contribution in [1.82, 2.24) is 15.0 Å². The standard InChI is InChI=1S/C13H18N4OS/c1-7(2)15-12-11-9(5-10(16-12)8(3)18)6-14-13(17-11)19-4/h5-8,18H,1-4H3,(H,15,16)/t8-/m1/s1. The molecule has 0 aromatic carbocycles. The molecule has 2 aromatic rings. The first kappa shape index (κ1) is 14.0. The number of aliphatic hydroxyl groups excluding tert-OH is 1. The van der Waals surface area contributed by atoms with Crippen LogP contribution < -0.4 is 5.32 Å². The molecular formula is C13H18N4OS. The number of rotatable bonds is 4. The van der Waals surface area contributed by atoms with Gasteiger partial charge < -0.3 is 10.4 Å². The van der Waals surface area contributed by atoms with Crippen LogP contribution in [0.1, 0.15) is 32.6 Å². The van der Waals surface area contributed by atoms with Crippen molar-refractivity contribution in [2.75, 3.05) is 11.6 Å². The Bertz CT molecular complexity index is 586. The Morgan fingerprint density at radius 1 is 1.26 bits per heavy atom. The fraction of sp³-hybridized carbons (Fsp3) is 0.462. The SMILES string of the molecule is CSc1ncc2cc([C@@H](C)O)nc(NC(C)C)c2n1. The van der Waals surface area contributed by atoms with Gasteiger partial charge in [0, 0.05) is 17.6 Å². The molecule has 0 unspecified atom stereocenters. The molecule has 0 aliphatic carbocycles. The molecule has 0 amide bonds. The molecule has 2 aromatic heterocycles. The van der Waals surface area contributed by atoms with Crippen LogP contribution in [-0.2, 0) is 0 Å². The first-order chi connectivity index (χ1) is 9.01. The van der Waals surface area contributed by atoms with Gasteiger partial charge in [0.2, 0.25) is 0 Å². The molecule has 0 aliphatic rings. The van der Waals surface area contributed by atoms with E-state index in [-0.39, 0.29) is 6.04 Å². The molecule has 0 aliphatic heterocycles. The highest BCUT2D eigenvalue weighted by Crippen LogP contribution is 2.25. The number of nitrogens with one attached hydrogen (secondary N) is 1. The molecule has 0 bridgehead atoms. The maximum absolute atomic E-state index is 9.71. The van der Waals surface area contributed by atoms with E-state index in [9.17, 15) is 5.11 Å². The highest BCUT2D eigenvalue weighted by atomic mass is 32.2. The smallest absolute Gasteiger partial charge is 0.187 e. The van der Waals surface area contributed by atoms with Crippen LogP contribution in [0.3, 0.4) is 0 Å². The Kier molecular flexibility index (Phi) is 4.21. The van der Waals surface area contributed by atoms with Gasteiger partial charge in [0.25, 0.3) is 0 Å². The number of aromatic nitrogens is 3. The number of nitrogens with zero attached hydrogens (tertiary/aromatic N) is 3. The second kappa shape index (κ2) is 5.71. The number of hydrogen-bond acceptors (Lipinski definition) is 6. The average molecular weight is 278 g/mol. The topological polar surface area (TPSA) is 70.9 Å². The summed E-state index contributed by atoms with van der Waals surface area (Å²) in [4.78, 5) is 13.2. The van der Waals surface area contributed by atoms with E-state index in [0.29, 0.717) is 16.7 Å². The third-order valence-electron chi connectivity index (χ3n) is 2.60. The molecule has 102 valence electrons. The number of fused-ring (bicyclic) bond motifs is 1. The zero-order valence-corrected chi connectivity index (χ0v) is 12.3. The molecule has 0 fully saturated rings. The minimum absolute atomic E-state index is 0.243. The first-order valence-corrected chi connectivity index (χ1v) is 7.40. The van der Waals surface area contributed by atoms with Gasteiger partial charge in [-0.25, -0.2) is 15.0 Å². The van der Waals surface area contributed by atoms with Gasteiger partial charge in [0.05, 0.1) is 11.8 Å². The second-order valence-corrected chi connectivity index (χ2v) is 5.44. The van der Waals surface area contributed by atoms with Gasteiger partial charge in [-0.3, -0.25) is 0 Å². The van der Waals surface area contributed by atoms with Crippen molar-refractivity contribution in [3.63, 3.8) is 0 Å². The van der Waals surface area contributed by atoms with Crippen molar-refractivity contribution >= 4 is 28.5 Å². The Morgan fingerprint density at radius 2 is 2.00 bits per heavy atom. The molecule has 2 heterocycles. The predicted octanol–water partition coefficient (Wildman–Crippen LogP) is 2.62. The maximum Gasteiger partial charge on any atom is 0.187 e. The lowest BCUT2D eigenvalue weighted by atomic mass is 10.2. The van der Waals surface area contributed by atoms with E-state index in [1.807, 2.05) is 26.2 Å². The minimum atomic E-state index is -0.614. The Hall–Kier alpha value is -1.40. The Balaban J connectivity index is 2.63. The van der Waals surface area contributed by atoms with Crippen LogP contribution >= 0.6 is 11.8 Å². The van der Waals surface area contributed by atoms with Gasteiger partial charge in [-0.15, -0.1) is 0 Å². The van der Waals surface area contributed by atoms with Crippen molar-refractivity contribution in [3.05, 3.63) is 18.0 Å². The quantitative estimate of drug-likeness (QED) is 0.662. The molecule has 0 spiro atoms. The summed E-state index contributed by atoms with van der Waals surface area (Å²) in [6.45, 7) is 5.78. The Morgan fingerprint density at radius 3 is 2.58 bits per heavy atom. The van der Waals surface area contributed by atoms with Crippen LogP contribution in [0.5, 0.6) is 0 Å². The molecule has 2 rings (SSSR count). The molecule has 19 heavy (non-hydrogen) atoms. The summed E-state index contributed by atoms with van der Waals surface area (Å²) in [5, 5.41) is 14.6. The molecule has 5 nitrogen and oxygen atoms in total. The van der Waals surface area contributed by atoms with E-state index in [4.69, 9.17) is 0 Å². The molecule has 0 saturated heterocycles. The molecule has 0 radical (unpaired) electrons. The van der Waals surface area contributed by atoms with Gasteiger partial charge in [0.15, 0.2) is 11.0 Å². The fourth-order valence-corrected chi connectivity index (χ4v) is 2.07. The van der Waals surface area contributed by atoms with Crippen LogP contribution in [0.15, 0.2) is 17.4 Å². The van der Waals surface area contributed by atoms with Crippen molar-refractivity contribution in [3.8, 4) is 0 Å². The van der Waals surface area contributed by atoms with Crippen molar-refractivity contribution in [2.24, 2.45) is 0 Å². The summed E-state index contributed by atoms with van der Waals surface area (Å²) in [5.74, 6) is 0.695. The highest BCUT2D eigenvalue weighted by molar-refractivity contribution is 7.98. The van der Waals surface area contributed by atoms with Gasteiger partial charge in [-0.1, -0.05) is 11.8 Å². The molecular weight excluding hydrogens is 260 g/mol. The van der Waals surface area contributed by atoms with E-state index in [1.165, 1.54) is 11.8 Å². The first-order valence-electron chi connectivity index (χ1n) is 6.17. The van der Waals surface area contributed by atoms with Crippen LogP contribution in [-0.4, -0.2) is 32.4 Å². The Labute approximate surface area is 116 Å². The van der Waals surface area contributed by atoms with E-state index in [0.717, 1.165) is 10.9 Å². The van der Waals surface area contributed by atoms with Gasteiger partial charge in [0.1, 0.15) is 5.52 Å². The van der Waals surface area contributed by atoms with E-state index in [2.05, 4.69) is 20.3 Å². The third kappa shape index (κ3) is 3.13. The van der Waals surface area contributed by atoms with Crippen LogP contribution in [0, 0.1) is 0 Å². The number of aliphatic hydroxyl groups is 1. The second-order valence-electron chi connectivity index (χ2n) is 4.67. The lowest BCUT2D eigenvalue weighted by molar-refractivity contribution is 0.194. The average Bonchev–Trinajstić information content (AvgIpc) is 2.37. The number of anilines is 1. The predicted molar refractivity (Wildman–Crippen MR) is 78.5 cm³/mol. The van der Waals surface area contributed by atoms with E-state index >= 15 is 0 Å². The summed E-state index contributed by atoms with van der Waals surface area (Å²) in [5.41, 5.74) is 1.41. The van der Waals surface area contributed by atoms with Crippen LogP contribution in [0.4, 0.5) is 5.82 Å². The largest absolute Gasteiger partial charge is 0.387 e. The van der Waals surface area contributed by atoms with Gasteiger partial charge in [-0.2, -0.15) is 0 Å². The molecule has 0 saturated carbocycles. The zero-order chi connectivity index (χ0) is 14.0. The fourth-order valence-electron chi connectivity index (χ4n) is 1.73. The summed E-state index contributed by atoms with van der Waals surface area (Å²) in [6.07, 6.45) is 3.10. The summed E-state index contributed by atoms with van der Waals surface area (Å²) < 4.78 is 0. The summed E-state index contributed by atoms with van der Waals surface area (Å²) in [6, 6.07) is 2.07. The lowest BCUT2D eigenvalue weighted by Crippen LogP contribution is -2.13. The van der Waals surface area contributed by atoms with Gasteiger partial charge in [-0.05, 0) is 33.1 Å². The number of hydrogen-bond donors (Lipinski definition) is 2. The molecule has 6 heteroatoms. The highest BCUT2D eigenvalue weighted by Gasteiger charge is 2.12. The normalized spacial score (nSPS) is 12.9. The van der Waals surface area contributed by atoms with E-state index < -0.39 is 6.10 Å². The molecule has 1 atom stereocenters. The van der Waals surface area contributed by atoms with Crippen molar-refractivity contribution < 1.29 is 5.11 Å². The lowest BCUT2D eigenvalue weighted by Gasteiger charge is -2.14. The third-order valence-corrected chi connectivity index (χ3v) is 3.16. The summed E-state index contributed by atoms with van der Waals surface area (Å²) >= 11 is 1.49. The minimum Gasteiger partial charge on any atom is -0.387 e. The van der Waals surface area contributed by atoms with E-state index in [1.54, 1.807) is 13.1 Å². The van der Waals surface area contributed by atoms with Gasteiger partial charge >= 0.3 is 0 Å². The van der Waals surface area contributed by atoms with Crippen molar-refractivity contribution in [2.45, 2.75) is 38.1 Å². The number of pyridine rings is 1. The summed E-state index contributed by atoms with van der Waals surface area (Å²) in [7, 11) is 0. The van der Waals surface area contributed by atoms with Crippen LogP contribution in [0.25, 0.3) is 10.9 Å². The van der Waals surface area contributed by atoms with Crippen molar-refractivity contribution in [1.29, 1.82) is 0 Å². The monoisotopic (exact) mass is 278 g/mol. The zero-order valence-electron chi connectivity index (χ0n) is 11.5. The molecule has 2 N–H and O–H groups in total. The maximum atomic E-state index is 9.71. The van der Waals surface area contributed by atoms with Crippen LogP contribution in [0.2, 0.25) is 0 Å².